The third-order valence-electron chi connectivity index (χ3n) is 3.96. The molecular weight excluding hydrogens is 358 g/mol. The molecule has 0 aliphatic heterocycles. The van der Waals surface area contributed by atoms with Gasteiger partial charge < -0.3 is 25.6 Å². The van der Waals surface area contributed by atoms with Crippen molar-refractivity contribution >= 4 is 17.8 Å². The summed E-state index contributed by atoms with van der Waals surface area (Å²) >= 11 is 0. The molecule has 0 saturated carbocycles. The summed E-state index contributed by atoms with van der Waals surface area (Å²) in [6, 6.07) is 7.52. The minimum Gasteiger partial charge on any atom is -0.382 e. The fourth-order valence-electron chi connectivity index (χ4n) is 2.33. The van der Waals surface area contributed by atoms with Gasteiger partial charge in [-0.2, -0.15) is 0 Å². The van der Waals surface area contributed by atoms with Gasteiger partial charge in [0.2, 0.25) is 5.91 Å². The molecule has 156 valence electrons. The number of nitrogens with zero attached hydrogens (tertiary/aromatic N) is 2. The number of ether oxygens (including phenoxy) is 1. The summed E-state index contributed by atoms with van der Waals surface area (Å²) in [6.45, 7) is 4.76. The monoisotopic (exact) mass is 391 g/mol. The number of nitrogens with one attached hydrogen (secondary N) is 3. The molecule has 0 heterocycles. The van der Waals surface area contributed by atoms with Gasteiger partial charge in [-0.3, -0.25) is 9.59 Å². The maximum absolute atomic E-state index is 11.8. The van der Waals surface area contributed by atoms with E-state index in [1.165, 1.54) is 4.90 Å². The highest BCUT2D eigenvalue weighted by Crippen LogP contribution is 2.05. The zero-order valence-electron chi connectivity index (χ0n) is 17.4. The number of aliphatic imine (C=N–C) groups is 1. The summed E-state index contributed by atoms with van der Waals surface area (Å²) in [4.78, 5) is 29.4. The van der Waals surface area contributed by atoms with Gasteiger partial charge in [0.05, 0.1) is 0 Å². The second-order valence-electron chi connectivity index (χ2n) is 6.39. The third kappa shape index (κ3) is 9.36. The molecule has 8 heteroatoms. The van der Waals surface area contributed by atoms with Gasteiger partial charge in [0.1, 0.15) is 6.54 Å². The van der Waals surface area contributed by atoms with E-state index >= 15 is 0 Å². The van der Waals surface area contributed by atoms with Gasteiger partial charge in [-0.25, -0.2) is 4.99 Å². The van der Waals surface area contributed by atoms with Crippen molar-refractivity contribution < 1.29 is 14.3 Å². The molecule has 0 bridgehead atoms. The number of hydrogen-bond donors (Lipinski definition) is 3. The van der Waals surface area contributed by atoms with Crippen LogP contribution in [0.4, 0.5) is 0 Å². The molecule has 0 aliphatic rings. The minimum absolute atomic E-state index is 0.0614. The van der Waals surface area contributed by atoms with E-state index in [0.29, 0.717) is 37.8 Å². The van der Waals surface area contributed by atoms with Gasteiger partial charge in [-0.05, 0) is 37.5 Å². The van der Waals surface area contributed by atoms with Gasteiger partial charge in [0, 0.05) is 53.0 Å². The topological polar surface area (TPSA) is 95.1 Å². The Morgan fingerprint density at radius 1 is 1.18 bits per heavy atom. The highest BCUT2D eigenvalue weighted by Gasteiger charge is 2.06. The van der Waals surface area contributed by atoms with Crippen molar-refractivity contribution in [1.82, 2.24) is 20.9 Å². The van der Waals surface area contributed by atoms with Gasteiger partial charge >= 0.3 is 0 Å². The second kappa shape index (κ2) is 13.5. The predicted molar refractivity (Wildman–Crippen MR) is 112 cm³/mol. The number of carbonyl (C=O) groups excluding carboxylic acids is 2. The number of carbonyl (C=O) groups is 2. The van der Waals surface area contributed by atoms with Gasteiger partial charge in [-0.15, -0.1) is 0 Å². The van der Waals surface area contributed by atoms with Gasteiger partial charge in [-0.1, -0.05) is 12.1 Å². The molecule has 28 heavy (non-hydrogen) atoms. The van der Waals surface area contributed by atoms with Crippen LogP contribution in [0.3, 0.4) is 0 Å². The Morgan fingerprint density at radius 2 is 1.93 bits per heavy atom. The molecular formula is C20H33N5O3. The van der Waals surface area contributed by atoms with Crippen molar-refractivity contribution in [3.8, 4) is 0 Å². The van der Waals surface area contributed by atoms with Crippen LogP contribution in [0.25, 0.3) is 0 Å². The second-order valence-corrected chi connectivity index (χ2v) is 6.39. The van der Waals surface area contributed by atoms with Crippen molar-refractivity contribution in [3.05, 3.63) is 35.4 Å². The summed E-state index contributed by atoms with van der Waals surface area (Å²) in [5.41, 5.74) is 1.69. The number of benzene rings is 1. The lowest BCUT2D eigenvalue weighted by Gasteiger charge is -2.14. The highest BCUT2D eigenvalue weighted by molar-refractivity contribution is 5.94. The number of rotatable bonds is 11. The Kier molecular flexibility index (Phi) is 11.3. The van der Waals surface area contributed by atoms with Crippen LogP contribution >= 0.6 is 0 Å². The van der Waals surface area contributed by atoms with Crippen LogP contribution in [0, 0.1) is 0 Å². The molecule has 0 spiro atoms. The van der Waals surface area contributed by atoms with E-state index in [2.05, 4.69) is 20.9 Å². The molecule has 1 aromatic carbocycles. The summed E-state index contributed by atoms with van der Waals surface area (Å²) < 4.78 is 5.33. The molecule has 0 saturated heterocycles. The van der Waals surface area contributed by atoms with E-state index in [0.717, 1.165) is 18.4 Å². The fourth-order valence-corrected chi connectivity index (χ4v) is 2.33. The zero-order valence-corrected chi connectivity index (χ0v) is 17.4. The summed E-state index contributed by atoms with van der Waals surface area (Å²) in [6.07, 6.45) is 1.58. The average Bonchev–Trinajstić information content (AvgIpc) is 2.70. The zero-order chi connectivity index (χ0) is 20.8. The Hall–Kier alpha value is -2.61. The number of hydrogen-bond acceptors (Lipinski definition) is 4. The first-order valence-corrected chi connectivity index (χ1v) is 9.59. The van der Waals surface area contributed by atoms with Crippen molar-refractivity contribution in [3.63, 3.8) is 0 Å². The molecule has 1 aromatic rings. The molecule has 2 amide bonds. The number of guanidine groups is 1. The Morgan fingerprint density at radius 3 is 2.61 bits per heavy atom. The first kappa shape index (κ1) is 23.4. The molecule has 0 atom stereocenters. The predicted octanol–water partition coefficient (Wildman–Crippen LogP) is 0.639. The van der Waals surface area contributed by atoms with Crippen LogP contribution < -0.4 is 16.0 Å². The van der Waals surface area contributed by atoms with E-state index in [4.69, 9.17) is 4.74 Å². The Balaban J connectivity index is 2.58. The lowest BCUT2D eigenvalue weighted by Crippen LogP contribution is -2.40. The molecule has 0 fully saturated rings. The van der Waals surface area contributed by atoms with Crippen molar-refractivity contribution in [1.29, 1.82) is 0 Å². The molecule has 8 nitrogen and oxygen atoms in total. The third-order valence-corrected chi connectivity index (χ3v) is 3.96. The SMILES string of the molecule is CCOCCCNC(=NCC(=O)N(C)C)NCCc1cccc(C(=O)NC)c1. The summed E-state index contributed by atoms with van der Waals surface area (Å²) in [7, 11) is 5.03. The lowest BCUT2D eigenvalue weighted by molar-refractivity contribution is -0.127. The smallest absolute Gasteiger partial charge is 0.251 e. The van der Waals surface area contributed by atoms with E-state index in [-0.39, 0.29) is 18.4 Å². The van der Waals surface area contributed by atoms with Crippen molar-refractivity contribution in [2.75, 3.05) is 54.0 Å². The van der Waals surface area contributed by atoms with Gasteiger partial charge in [0.25, 0.3) is 5.91 Å². The minimum atomic E-state index is -0.102. The van der Waals surface area contributed by atoms with E-state index in [9.17, 15) is 9.59 Å². The van der Waals surface area contributed by atoms with Crippen LogP contribution in [0.1, 0.15) is 29.3 Å². The maximum Gasteiger partial charge on any atom is 0.251 e. The first-order valence-electron chi connectivity index (χ1n) is 9.59. The number of amides is 2. The normalized spacial score (nSPS) is 11.1. The Bertz CT molecular complexity index is 646. The summed E-state index contributed by atoms with van der Waals surface area (Å²) in [5.74, 6) is 0.429. The van der Waals surface area contributed by atoms with Crippen molar-refractivity contribution in [2.45, 2.75) is 19.8 Å². The van der Waals surface area contributed by atoms with Gasteiger partial charge in [0.15, 0.2) is 5.96 Å². The highest BCUT2D eigenvalue weighted by atomic mass is 16.5. The standard InChI is InChI=1S/C20H33N5O3/c1-5-28-13-7-11-22-20(24-15-18(26)25(3)4)23-12-10-16-8-6-9-17(14-16)19(27)21-2/h6,8-9,14H,5,7,10-13,15H2,1-4H3,(H,21,27)(H2,22,23,24). The van der Waals surface area contributed by atoms with E-state index in [1.54, 1.807) is 27.2 Å². The summed E-state index contributed by atoms with van der Waals surface area (Å²) in [5, 5.41) is 9.09. The number of likely N-dealkylation sites (N-methyl/N-ethyl adjacent to an activating group) is 1. The fraction of sp³-hybridized carbons (Fsp3) is 0.550. The lowest BCUT2D eigenvalue weighted by atomic mass is 10.1. The average molecular weight is 392 g/mol. The quantitative estimate of drug-likeness (QED) is 0.292. The van der Waals surface area contributed by atoms with Crippen LogP contribution in [-0.2, 0) is 16.0 Å². The maximum atomic E-state index is 11.8. The first-order chi connectivity index (χ1) is 13.5. The van der Waals surface area contributed by atoms with Crippen molar-refractivity contribution in [2.24, 2.45) is 4.99 Å². The van der Waals surface area contributed by atoms with Crippen LogP contribution in [0.5, 0.6) is 0 Å². The van der Waals surface area contributed by atoms with Crippen LogP contribution in [-0.4, -0.2) is 76.7 Å². The largest absolute Gasteiger partial charge is 0.382 e. The van der Waals surface area contributed by atoms with Crippen LogP contribution in [0.15, 0.2) is 29.3 Å². The molecule has 0 aromatic heterocycles. The molecule has 0 radical (unpaired) electrons. The van der Waals surface area contributed by atoms with E-state index < -0.39 is 0 Å². The molecule has 3 N–H and O–H groups in total. The molecule has 0 unspecified atom stereocenters. The molecule has 1 rings (SSSR count). The van der Waals surface area contributed by atoms with E-state index in [1.807, 2.05) is 25.1 Å². The van der Waals surface area contributed by atoms with Crippen LogP contribution in [0.2, 0.25) is 0 Å². The Labute approximate surface area is 167 Å². The molecule has 0 aliphatic carbocycles.